The van der Waals surface area contributed by atoms with Crippen molar-refractivity contribution in [2.24, 2.45) is 5.41 Å². The van der Waals surface area contributed by atoms with E-state index in [2.05, 4.69) is 57.4 Å². The van der Waals surface area contributed by atoms with Crippen LogP contribution in [0.2, 0.25) is 0 Å². The normalized spacial score (nSPS) is 14.4. The minimum absolute atomic E-state index is 0.000330. The van der Waals surface area contributed by atoms with Gasteiger partial charge in [-0.2, -0.15) is 0 Å². The van der Waals surface area contributed by atoms with E-state index in [1.807, 2.05) is 0 Å². The number of hydrogen-bond acceptors (Lipinski definition) is 5. The minimum atomic E-state index is -0.000330. The quantitative estimate of drug-likeness (QED) is 0.270. The van der Waals surface area contributed by atoms with Crippen LogP contribution in [0.15, 0.2) is 12.1 Å². The highest BCUT2D eigenvalue weighted by atomic mass is 32.1. The predicted molar refractivity (Wildman–Crippen MR) is 150 cm³/mol. The van der Waals surface area contributed by atoms with Gasteiger partial charge in [0.05, 0.1) is 18.0 Å². The maximum atomic E-state index is 13.3. The Kier molecular flexibility index (Phi) is 10.1. The van der Waals surface area contributed by atoms with Crippen molar-refractivity contribution >= 4 is 23.0 Å². The van der Waals surface area contributed by atoms with Crippen LogP contribution in [0.1, 0.15) is 89.3 Å². The Morgan fingerprint density at radius 3 is 2.61 bits per heavy atom. The van der Waals surface area contributed by atoms with E-state index in [0.29, 0.717) is 37.3 Å². The molecule has 0 fully saturated rings. The first-order valence-corrected chi connectivity index (χ1v) is 14.3. The van der Waals surface area contributed by atoms with Gasteiger partial charge >= 0.3 is 0 Å². The highest BCUT2D eigenvalue weighted by Crippen LogP contribution is 2.42. The maximum absolute atomic E-state index is 13.3. The van der Waals surface area contributed by atoms with Crippen LogP contribution in [0.5, 0.6) is 5.75 Å². The molecule has 0 saturated carbocycles. The van der Waals surface area contributed by atoms with Crippen LogP contribution < -0.4 is 15.4 Å². The fourth-order valence-corrected chi connectivity index (χ4v) is 6.45. The van der Waals surface area contributed by atoms with E-state index in [-0.39, 0.29) is 5.91 Å². The van der Waals surface area contributed by atoms with Crippen molar-refractivity contribution in [1.82, 2.24) is 10.6 Å². The molecule has 1 aromatic carbocycles. The second-order valence-corrected chi connectivity index (χ2v) is 11.9. The Hall–Kier alpha value is -2.18. The lowest BCUT2D eigenvalue weighted by Gasteiger charge is -2.30. The third kappa shape index (κ3) is 7.19. The molecule has 1 aliphatic rings. The zero-order valence-corrected chi connectivity index (χ0v) is 23.9. The van der Waals surface area contributed by atoms with Gasteiger partial charge in [-0.15, -0.1) is 11.3 Å². The monoisotopic (exact) mass is 512 g/mol. The number of ether oxygens (including phenoxy) is 1. The standard InChI is InChI=1S/C30H44N2O3S/c1-7-22-17-21(16-20(3)28(22)35-15-9-14-32-27(34)19-31-6)10-11-25(33)29-23-12-13-30(4,5)18-24(23)26(8-2)36-29/h16-17,31H,7-15,18-19H2,1-6H3,(H,32,34). The topological polar surface area (TPSA) is 67.4 Å². The van der Waals surface area contributed by atoms with Crippen LogP contribution in [0.3, 0.4) is 0 Å². The van der Waals surface area contributed by atoms with Gasteiger partial charge in [0.2, 0.25) is 5.91 Å². The van der Waals surface area contributed by atoms with Crippen molar-refractivity contribution in [3.63, 3.8) is 0 Å². The summed E-state index contributed by atoms with van der Waals surface area (Å²) in [5, 5.41) is 5.72. The maximum Gasteiger partial charge on any atom is 0.233 e. The van der Waals surface area contributed by atoms with Crippen LogP contribution in [-0.2, 0) is 36.9 Å². The molecule has 0 radical (unpaired) electrons. The average Bonchev–Trinajstić information content (AvgIpc) is 3.19. The molecule has 2 N–H and O–H groups in total. The zero-order valence-electron chi connectivity index (χ0n) is 23.1. The van der Waals surface area contributed by atoms with Crippen molar-refractivity contribution in [3.05, 3.63) is 49.7 Å². The summed E-state index contributed by atoms with van der Waals surface area (Å²) in [7, 11) is 1.76. The zero-order chi connectivity index (χ0) is 26.3. The number of hydrogen-bond donors (Lipinski definition) is 2. The number of amides is 1. The summed E-state index contributed by atoms with van der Waals surface area (Å²) in [6, 6.07) is 4.37. The fourth-order valence-electron chi connectivity index (χ4n) is 5.17. The van der Waals surface area contributed by atoms with Gasteiger partial charge in [-0.1, -0.05) is 39.8 Å². The largest absolute Gasteiger partial charge is 0.493 e. The molecule has 0 atom stereocenters. The molecule has 3 rings (SSSR count). The number of thiophene rings is 1. The van der Waals surface area contributed by atoms with E-state index in [9.17, 15) is 9.59 Å². The van der Waals surface area contributed by atoms with E-state index in [0.717, 1.165) is 61.1 Å². The number of carbonyl (C=O) groups excluding carboxylic acids is 2. The summed E-state index contributed by atoms with van der Waals surface area (Å²) in [4.78, 5) is 27.3. The van der Waals surface area contributed by atoms with Crippen LogP contribution in [0.4, 0.5) is 0 Å². The molecule has 0 bridgehead atoms. The Morgan fingerprint density at radius 1 is 1.14 bits per heavy atom. The second kappa shape index (κ2) is 12.9. The molecule has 0 spiro atoms. The number of carbonyl (C=O) groups is 2. The van der Waals surface area contributed by atoms with Crippen molar-refractivity contribution < 1.29 is 14.3 Å². The van der Waals surface area contributed by atoms with Crippen molar-refractivity contribution in [3.8, 4) is 5.75 Å². The van der Waals surface area contributed by atoms with Crippen LogP contribution in [0, 0.1) is 12.3 Å². The van der Waals surface area contributed by atoms with Gasteiger partial charge in [-0.25, -0.2) is 0 Å². The number of Topliss-reactive ketones (excluding diaryl/α,β-unsaturated/α-hetero) is 1. The highest BCUT2D eigenvalue weighted by molar-refractivity contribution is 7.14. The van der Waals surface area contributed by atoms with Gasteiger partial charge < -0.3 is 15.4 Å². The third-order valence-electron chi connectivity index (χ3n) is 7.14. The van der Waals surface area contributed by atoms with E-state index in [1.54, 1.807) is 18.4 Å². The second-order valence-electron chi connectivity index (χ2n) is 10.8. The molecular formula is C30H44N2O3S. The average molecular weight is 513 g/mol. The van der Waals surface area contributed by atoms with E-state index >= 15 is 0 Å². The lowest BCUT2D eigenvalue weighted by Crippen LogP contribution is -2.33. The molecule has 1 heterocycles. The van der Waals surface area contributed by atoms with Crippen LogP contribution >= 0.6 is 11.3 Å². The van der Waals surface area contributed by atoms with Gasteiger partial charge in [-0.05, 0) is 92.1 Å². The summed E-state index contributed by atoms with van der Waals surface area (Å²) in [6.07, 6.45) is 7.24. The third-order valence-corrected chi connectivity index (χ3v) is 8.60. The summed E-state index contributed by atoms with van der Waals surface area (Å²) in [5.41, 5.74) is 6.63. The molecule has 1 amide bonds. The number of aryl methyl sites for hydroxylation is 4. The molecule has 36 heavy (non-hydrogen) atoms. The highest BCUT2D eigenvalue weighted by Gasteiger charge is 2.31. The lowest BCUT2D eigenvalue weighted by atomic mass is 9.74. The Bertz CT molecular complexity index is 1070. The first-order valence-electron chi connectivity index (χ1n) is 13.5. The Balaban J connectivity index is 1.61. The van der Waals surface area contributed by atoms with Gasteiger partial charge in [-0.3, -0.25) is 9.59 Å². The molecular weight excluding hydrogens is 468 g/mol. The fraction of sp³-hybridized carbons (Fsp3) is 0.600. The number of benzene rings is 1. The van der Waals surface area contributed by atoms with Crippen LogP contribution in [0.25, 0.3) is 0 Å². The van der Waals surface area contributed by atoms with E-state index in [4.69, 9.17) is 4.74 Å². The number of fused-ring (bicyclic) bond motifs is 1. The minimum Gasteiger partial charge on any atom is -0.493 e. The Morgan fingerprint density at radius 2 is 1.92 bits per heavy atom. The first kappa shape index (κ1) is 28.4. The molecule has 6 heteroatoms. The molecule has 0 aliphatic heterocycles. The molecule has 0 saturated heterocycles. The summed E-state index contributed by atoms with van der Waals surface area (Å²) in [5.74, 6) is 1.24. The SMILES string of the molecule is CCc1cc(CCC(=O)c2sc(CC)c3c2CCC(C)(C)C3)cc(C)c1OCCCNC(=O)CNC. The summed E-state index contributed by atoms with van der Waals surface area (Å²) in [6.45, 7) is 12.6. The van der Waals surface area contributed by atoms with Gasteiger partial charge in [0.1, 0.15) is 5.75 Å². The first-order chi connectivity index (χ1) is 17.2. The van der Waals surface area contributed by atoms with Gasteiger partial charge in [0.15, 0.2) is 5.78 Å². The molecule has 1 aliphatic carbocycles. The molecule has 1 aromatic heterocycles. The van der Waals surface area contributed by atoms with Gasteiger partial charge in [0, 0.05) is 17.8 Å². The number of ketones is 1. The smallest absolute Gasteiger partial charge is 0.233 e. The summed E-state index contributed by atoms with van der Waals surface area (Å²) >= 11 is 1.75. The number of likely N-dealkylation sites (N-methyl/N-ethyl adjacent to an activating group) is 1. The number of rotatable bonds is 13. The van der Waals surface area contributed by atoms with Crippen molar-refractivity contribution in [1.29, 1.82) is 0 Å². The predicted octanol–water partition coefficient (Wildman–Crippen LogP) is 5.62. The Labute approximate surface area is 221 Å². The lowest BCUT2D eigenvalue weighted by molar-refractivity contribution is -0.120. The van der Waals surface area contributed by atoms with Crippen LogP contribution in [-0.4, -0.2) is 38.4 Å². The molecule has 2 aromatic rings. The molecule has 0 unspecified atom stereocenters. The summed E-state index contributed by atoms with van der Waals surface area (Å²) < 4.78 is 6.11. The molecule has 5 nitrogen and oxygen atoms in total. The van der Waals surface area contributed by atoms with E-state index < -0.39 is 0 Å². The van der Waals surface area contributed by atoms with Gasteiger partial charge in [0.25, 0.3) is 0 Å². The van der Waals surface area contributed by atoms with Crippen molar-refractivity contribution in [2.75, 3.05) is 26.7 Å². The molecule has 198 valence electrons. The van der Waals surface area contributed by atoms with E-state index in [1.165, 1.54) is 27.1 Å². The van der Waals surface area contributed by atoms with Crippen molar-refractivity contribution in [2.45, 2.75) is 86.0 Å². The number of nitrogens with one attached hydrogen (secondary N) is 2.